The van der Waals surface area contributed by atoms with Crippen molar-refractivity contribution in [3.8, 4) is 0 Å². The molecule has 0 spiro atoms. The summed E-state index contributed by atoms with van der Waals surface area (Å²) in [6.07, 6.45) is 0. The third-order valence-corrected chi connectivity index (χ3v) is 2.86. The standard InChI is InChI=1S/C6H9Cl2NO2S/c7-1-4(8)2-12-3-5(9)6(10)11/h1,5H,2-3,9H2,(H,10,11)/b4-1+/t5-/m0/s1. The summed E-state index contributed by atoms with van der Waals surface area (Å²) in [6.45, 7) is 0. The van der Waals surface area contributed by atoms with E-state index in [1.54, 1.807) is 0 Å². The molecule has 12 heavy (non-hydrogen) atoms. The summed E-state index contributed by atoms with van der Waals surface area (Å²) in [5, 5.41) is 8.88. The summed E-state index contributed by atoms with van der Waals surface area (Å²) in [4.78, 5) is 10.2. The predicted octanol–water partition coefficient (Wildman–Crippen LogP) is 1.45. The van der Waals surface area contributed by atoms with Gasteiger partial charge in [0.05, 0.1) is 0 Å². The fraction of sp³-hybridized carbons (Fsp3) is 0.500. The number of hydrogen-bond acceptors (Lipinski definition) is 3. The number of aliphatic carboxylic acids is 1. The fourth-order valence-corrected chi connectivity index (χ4v) is 1.58. The van der Waals surface area contributed by atoms with Crippen LogP contribution in [0.15, 0.2) is 10.6 Å². The molecule has 0 radical (unpaired) electrons. The second-order valence-electron chi connectivity index (χ2n) is 2.02. The van der Waals surface area contributed by atoms with Crippen LogP contribution in [0.3, 0.4) is 0 Å². The molecule has 3 nitrogen and oxygen atoms in total. The number of carboxylic acid groups (broad SMARTS) is 1. The van der Waals surface area contributed by atoms with Crippen molar-refractivity contribution in [1.29, 1.82) is 0 Å². The maximum atomic E-state index is 10.2. The van der Waals surface area contributed by atoms with E-state index in [-0.39, 0.29) is 0 Å². The van der Waals surface area contributed by atoms with Crippen LogP contribution in [0.5, 0.6) is 0 Å². The Hall–Kier alpha value is 0.1000. The summed E-state index contributed by atoms with van der Waals surface area (Å²) in [5.41, 5.74) is 6.48. The van der Waals surface area contributed by atoms with Crippen LogP contribution in [0.4, 0.5) is 0 Å². The number of hydrogen-bond donors (Lipinski definition) is 2. The predicted molar refractivity (Wildman–Crippen MR) is 52.7 cm³/mol. The Labute approximate surface area is 84.9 Å². The third-order valence-electron chi connectivity index (χ3n) is 0.973. The Kier molecular flexibility index (Phi) is 6.65. The third kappa shape index (κ3) is 5.71. The van der Waals surface area contributed by atoms with Crippen LogP contribution in [0.1, 0.15) is 0 Å². The van der Waals surface area contributed by atoms with Crippen LogP contribution in [0, 0.1) is 0 Å². The van der Waals surface area contributed by atoms with E-state index in [4.69, 9.17) is 34.0 Å². The lowest BCUT2D eigenvalue weighted by Gasteiger charge is -2.04. The van der Waals surface area contributed by atoms with Gasteiger partial charge in [-0.2, -0.15) is 11.8 Å². The van der Waals surface area contributed by atoms with Gasteiger partial charge in [-0.1, -0.05) is 23.2 Å². The van der Waals surface area contributed by atoms with E-state index in [0.717, 1.165) is 0 Å². The molecule has 0 aliphatic carbocycles. The van der Waals surface area contributed by atoms with Gasteiger partial charge < -0.3 is 10.8 Å². The lowest BCUT2D eigenvalue weighted by atomic mass is 10.4. The van der Waals surface area contributed by atoms with Crippen LogP contribution in [-0.2, 0) is 4.79 Å². The molecule has 3 N–H and O–H groups in total. The molecular weight excluding hydrogens is 221 g/mol. The van der Waals surface area contributed by atoms with Gasteiger partial charge >= 0.3 is 5.97 Å². The van der Waals surface area contributed by atoms with Gasteiger partial charge in [-0.3, -0.25) is 4.79 Å². The molecule has 0 unspecified atom stereocenters. The van der Waals surface area contributed by atoms with Crippen LogP contribution in [-0.4, -0.2) is 28.6 Å². The largest absolute Gasteiger partial charge is 0.480 e. The number of carbonyl (C=O) groups is 1. The van der Waals surface area contributed by atoms with E-state index in [1.165, 1.54) is 17.3 Å². The first-order valence-corrected chi connectivity index (χ1v) is 5.05. The minimum Gasteiger partial charge on any atom is -0.480 e. The first kappa shape index (κ1) is 12.1. The Morgan fingerprint density at radius 3 is 2.75 bits per heavy atom. The first-order valence-electron chi connectivity index (χ1n) is 3.08. The molecule has 0 rings (SSSR count). The molecular formula is C6H9Cl2NO2S. The summed E-state index contributed by atoms with van der Waals surface area (Å²) >= 11 is 12.2. The van der Waals surface area contributed by atoms with Gasteiger partial charge in [0.1, 0.15) is 6.04 Å². The van der Waals surface area contributed by atoms with Crippen LogP contribution in [0.2, 0.25) is 0 Å². The van der Waals surface area contributed by atoms with E-state index in [9.17, 15) is 4.79 Å². The SMILES string of the molecule is N[C@@H](CSC/C(Cl)=C\Cl)C(=O)O. The van der Waals surface area contributed by atoms with Crippen molar-refractivity contribution < 1.29 is 9.90 Å². The zero-order valence-electron chi connectivity index (χ0n) is 6.17. The van der Waals surface area contributed by atoms with E-state index in [0.29, 0.717) is 16.5 Å². The topological polar surface area (TPSA) is 63.3 Å². The highest BCUT2D eigenvalue weighted by Gasteiger charge is 2.10. The number of carboxylic acids is 1. The summed E-state index contributed by atoms with van der Waals surface area (Å²) in [5.74, 6) is -0.184. The van der Waals surface area contributed by atoms with Crippen molar-refractivity contribution in [3.63, 3.8) is 0 Å². The molecule has 0 bridgehead atoms. The molecule has 0 fully saturated rings. The van der Waals surface area contributed by atoms with Crippen molar-refractivity contribution >= 4 is 40.9 Å². The van der Waals surface area contributed by atoms with E-state index < -0.39 is 12.0 Å². The maximum Gasteiger partial charge on any atom is 0.321 e. The van der Waals surface area contributed by atoms with E-state index >= 15 is 0 Å². The zero-order valence-corrected chi connectivity index (χ0v) is 8.49. The van der Waals surface area contributed by atoms with Gasteiger partial charge in [-0.25, -0.2) is 0 Å². The Morgan fingerprint density at radius 1 is 1.75 bits per heavy atom. The second kappa shape index (κ2) is 6.60. The van der Waals surface area contributed by atoms with Gasteiger partial charge in [0.25, 0.3) is 0 Å². The smallest absolute Gasteiger partial charge is 0.321 e. The van der Waals surface area contributed by atoms with Gasteiger partial charge in [0.2, 0.25) is 0 Å². The van der Waals surface area contributed by atoms with Gasteiger partial charge in [0.15, 0.2) is 0 Å². The molecule has 0 saturated carbocycles. The summed E-state index contributed by atoms with van der Waals surface area (Å²) < 4.78 is 0. The van der Waals surface area contributed by atoms with Gasteiger partial charge in [-0.15, -0.1) is 0 Å². The number of nitrogens with two attached hydrogens (primary N) is 1. The molecule has 0 aliphatic heterocycles. The molecule has 70 valence electrons. The molecule has 0 aromatic rings. The molecule has 0 aliphatic rings. The Bertz CT molecular complexity index is 186. The minimum atomic E-state index is -1.01. The molecule has 0 heterocycles. The molecule has 1 atom stereocenters. The number of halogens is 2. The summed E-state index contributed by atoms with van der Waals surface area (Å²) in [6, 6.07) is -0.838. The van der Waals surface area contributed by atoms with Crippen molar-refractivity contribution in [2.75, 3.05) is 11.5 Å². The normalized spacial score (nSPS) is 14.4. The number of rotatable bonds is 5. The molecule has 0 aromatic carbocycles. The minimum absolute atomic E-state index is 0.330. The van der Waals surface area contributed by atoms with Gasteiger partial charge in [0, 0.05) is 22.1 Å². The lowest BCUT2D eigenvalue weighted by molar-refractivity contribution is -0.137. The highest BCUT2D eigenvalue weighted by molar-refractivity contribution is 7.99. The molecule has 0 saturated heterocycles. The number of thioether (sulfide) groups is 1. The monoisotopic (exact) mass is 229 g/mol. The molecule has 0 amide bonds. The Balaban J connectivity index is 3.50. The van der Waals surface area contributed by atoms with Crippen LogP contribution in [0.25, 0.3) is 0 Å². The van der Waals surface area contributed by atoms with Crippen molar-refractivity contribution in [1.82, 2.24) is 0 Å². The molecule has 0 aromatic heterocycles. The van der Waals surface area contributed by atoms with Crippen molar-refractivity contribution in [3.05, 3.63) is 10.6 Å². The average molecular weight is 230 g/mol. The van der Waals surface area contributed by atoms with Gasteiger partial charge in [-0.05, 0) is 0 Å². The highest BCUT2D eigenvalue weighted by Crippen LogP contribution is 2.12. The maximum absolute atomic E-state index is 10.2. The summed E-state index contributed by atoms with van der Waals surface area (Å²) in [7, 11) is 0. The van der Waals surface area contributed by atoms with E-state index in [2.05, 4.69) is 0 Å². The van der Waals surface area contributed by atoms with Crippen molar-refractivity contribution in [2.45, 2.75) is 6.04 Å². The quantitative estimate of drug-likeness (QED) is 0.750. The fourth-order valence-electron chi connectivity index (χ4n) is 0.386. The second-order valence-corrected chi connectivity index (χ2v) is 3.75. The lowest BCUT2D eigenvalue weighted by Crippen LogP contribution is -2.32. The van der Waals surface area contributed by atoms with Crippen LogP contribution >= 0.6 is 35.0 Å². The highest BCUT2D eigenvalue weighted by atomic mass is 35.5. The van der Waals surface area contributed by atoms with Crippen molar-refractivity contribution in [2.24, 2.45) is 5.73 Å². The van der Waals surface area contributed by atoms with Crippen LogP contribution < -0.4 is 5.73 Å². The molecule has 6 heteroatoms. The Morgan fingerprint density at radius 2 is 2.33 bits per heavy atom. The average Bonchev–Trinajstić information content (AvgIpc) is 2.03. The zero-order chi connectivity index (χ0) is 9.56. The van der Waals surface area contributed by atoms with E-state index in [1.807, 2.05) is 0 Å². The first-order chi connectivity index (χ1) is 5.57.